The fraction of sp³-hybridized carbons (Fsp3) is 0.471. The summed E-state index contributed by atoms with van der Waals surface area (Å²) in [5.41, 5.74) is 3.03. The van der Waals surface area contributed by atoms with E-state index in [2.05, 4.69) is 65.7 Å². The molecule has 0 radical (unpaired) electrons. The molecule has 20 heavy (non-hydrogen) atoms. The topological polar surface area (TPSA) is 21.1 Å². The zero-order valence-electron chi connectivity index (χ0n) is 12.6. The minimum atomic E-state index is 0.156. The maximum Gasteiger partial charge on any atom is 0.0946 e. The van der Waals surface area contributed by atoms with Gasteiger partial charge in [-0.3, -0.25) is 0 Å². The van der Waals surface area contributed by atoms with Gasteiger partial charge in [-0.15, -0.1) is 0 Å². The van der Waals surface area contributed by atoms with E-state index in [0.29, 0.717) is 5.92 Å². The van der Waals surface area contributed by atoms with E-state index in [1.54, 1.807) is 0 Å². The van der Waals surface area contributed by atoms with E-state index >= 15 is 0 Å². The number of hydrogen-bond acceptors (Lipinski definition) is 2. The summed E-state index contributed by atoms with van der Waals surface area (Å²) in [7, 11) is 0. The third-order valence-corrected chi connectivity index (χ3v) is 4.07. The lowest BCUT2D eigenvalue weighted by molar-refractivity contribution is 0.374. The number of para-hydroxylation sites is 1. The van der Waals surface area contributed by atoms with Crippen LogP contribution < -0.4 is 4.90 Å². The standard InChI is InChI=1S/C17H23N3/c1-17(2,3)20-12-14(11-19-9-8-18-13-19)10-15-6-4-5-7-16(15)20/h4-9,13-14H,10-12H2,1-3H3. The fourth-order valence-electron chi connectivity index (χ4n) is 3.13. The van der Waals surface area contributed by atoms with Gasteiger partial charge in [-0.1, -0.05) is 18.2 Å². The zero-order chi connectivity index (χ0) is 14.2. The molecule has 2 heterocycles. The number of aromatic nitrogens is 2. The van der Waals surface area contributed by atoms with Gasteiger partial charge in [0, 0.05) is 36.7 Å². The van der Waals surface area contributed by atoms with E-state index in [1.165, 1.54) is 11.3 Å². The first kappa shape index (κ1) is 13.2. The van der Waals surface area contributed by atoms with Gasteiger partial charge in [-0.05, 0) is 44.7 Å². The molecule has 3 rings (SSSR count). The summed E-state index contributed by atoms with van der Waals surface area (Å²) in [6.45, 7) is 9.04. The van der Waals surface area contributed by atoms with Crippen LogP contribution in [0, 0.1) is 5.92 Å². The fourth-order valence-corrected chi connectivity index (χ4v) is 3.13. The molecular weight excluding hydrogens is 246 g/mol. The molecule has 2 aromatic rings. The minimum absolute atomic E-state index is 0.156. The Labute approximate surface area is 121 Å². The van der Waals surface area contributed by atoms with Crippen molar-refractivity contribution < 1.29 is 0 Å². The van der Waals surface area contributed by atoms with Crippen molar-refractivity contribution in [2.75, 3.05) is 11.4 Å². The normalized spacial score (nSPS) is 18.9. The second kappa shape index (κ2) is 4.97. The van der Waals surface area contributed by atoms with Gasteiger partial charge in [-0.2, -0.15) is 0 Å². The maximum absolute atomic E-state index is 4.15. The highest BCUT2D eigenvalue weighted by Gasteiger charge is 2.30. The first-order valence-electron chi connectivity index (χ1n) is 7.35. The largest absolute Gasteiger partial charge is 0.366 e. The Balaban J connectivity index is 1.88. The molecule has 1 atom stereocenters. The quantitative estimate of drug-likeness (QED) is 0.833. The average Bonchev–Trinajstić information content (AvgIpc) is 2.89. The van der Waals surface area contributed by atoms with Gasteiger partial charge in [-0.25, -0.2) is 4.98 Å². The van der Waals surface area contributed by atoms with E-state index in [9.17, 15) is 0 Å². The molecule has 0 saturated carbocycles. The van der Waals surface area contributed by atoms with Crippen LogP contribution in [-0.4, -0.2) is 21.6 Å². The molecule has 0 saturated heterocycles. The van der Waals surface area contributed by atoms with Crippen LogP contribution >= 0.6 is 0 Å². The monoisotopic (exact) mass is 269 g/mol. The summed E-state index contributed by atoms with van der Waals surface area (Å²) < 4.78 is 2.19. The molecule has 1 aromatic heterocycles. The Morgan fingerprint density at radius 2 is 2.05 bits per heavy atom. The summed E-state index contributed by atoms with van der Waals surface area (Å²) >= 11 is 0. The molecule has 0 amide bonds. The molecule has 1 aromatic carbocycles. The summed E-state index contributed by atoms with van der Waals surface area (Å²) in [5.74, 6) is 0.637. The third kappa shape index (κ3) is 2.58. The lowest BCUT2D eigenvalue weighted by Crippen LogP contribution is -2.48. The number of imidazole rings is 1. The van der Waals surface area contributed by atoms with E-state index < -0.39 is 0 Å². The Morgan fingerprint density at radius 3 is 2.75 bits per heavy atom. The van der Waals surface area contributed by atoms with Crippen LogP contribution in [0.2, 0.25) is 0 Å². The first-order valence-corrected chi connectivity index (χ1v) is 7.35. The SMILES string of the molecule is CC(C)(C)N1CC(Cn2ccnc2)Cc2ccccc21. The highest BCUT2D eigenvalue weighted by molar-refractivity contribution is 5.57. The van der Waals surface area contributed by atoms with Gasteiger partial charge >= 0.3 is 0 Å². The molecule has 0 aliphatic carbocycles. The molecule has 0 N–H and O–H groups in total. The van der Waals surface area contributed by atoms with Gasteiger partial charge < -0.3 is 9.47 Å². The number of fused-ring (bicyclic) bond motifs is 1. The average molecular weight is 269 g/mol. The zero-order valence-corrected chi connectivity index (χ0v) is 12.6. The highest BCUT2D eigenvalue weighted by atomic mass is 15.2. The van der Waals surface area contributed by atoms with Crippen molar-refractivity contribution in [3.8, 4) is 0 Å². The minimum Gasteiger partial charge on any atom is -0.366 e. The van der Waals surface area contributed by atoms with E-state index in [-0.39, 0.29) is 5.54 Å². The molecule has 1 unspecified atom stereocenters. The third-order valence-electron chi connectivity index (χ3n) is 4.07. The van der Waals surface area contributed by atoms with Crippen molar-refractivity contribution >= 4 is 5.69 Å². The molecule has 3 nitrogen and oxygen atoms in total. The maximum atomic E-state index is 4.15. The van der Waals surface area contributed by atoms with Crippen LogP contribution in [0.15, 0.2) is 43.0 Å². The smallest absolute Gasteiger partial charge is 0.0946 e. The number of anilines is 1. The van der Waals surface area contributed by atoms with E-state index in [4.69, 9.17) is 0 Å². The van der Waals surface area contributed by atoms with Gasteiger partial charge in [0.2, 0.25) is 0 Å². The van der Waals surface area contributed by atoms with Crippen molar-refractivity contribution in [1.29, 1.82) is 0 Å². The molecule has 1 aliphatic heterocycles. The Kier molecular flexibility index (Phi) is 3.28. The van der Waals surface area contributed by atoms with Crippen LogP contribution in [0.5, 0.6) is 0 Å². The van der Waals surface area contributed by atoms with E-state index in [0.717, 1.165) is 19.5 Å². The molecule has 3 heteroatoms. The van der Waals surface area contributed by atoms with Crippen molar-refractivity contribution in [3.63, 3.8) is 0 Å². The number of nitrogens with zero attached hydrogens (tertiary/aromatic N) is 3. The van der Waals surface area contributed by atoms with Gasteiger partial charge in [0.25, 0.3) is 0 Å². The van der Waals surface area contributed by atoms with Crippen molar-refractivity contribution in [2.24, 2.45) is 5.92 Å². The van der Waals surface area contributed by atoms with Crippen LogP contribution in [0.3, 0.4) is 0 Å². The van der Waals surface area contributed by atoms with Gasteiger partial charge in [0.1, 0.15) is 0 Å². The highest BCUT2D eigenvalue weighted by Crippen LogP contribution is 2.34. The Hall–Kier alpha value is -1.77. The summed E-state index contributed by atoms with van der Waals surface area (Å²) in [4.78, 5) is 6.70. The molecule has 0 bridgehead atoms. The molecule has 0 fully saturated rings. The predicted molar refractivity (Wildman–Crippen MR) is 83.0 cm³/mol. The second-order valence-corrected chi connectivity index (χ2v) is 6.74. The van der Waals surface area contributed by atoms with Crippen molar-refractivity contribution in [1.82, 2.24) is 9.55 Å². The lowest BCUT2D eigenvalue weighted by atomic mass is 9.89. The van der Waals surface area contributed by atoms with Crippen LogP contribution in [-0.2, 0) is 13.0 Å². The van der Waals surface area contributed by atoms with Crippen LogP contribution in [0.25, 0.3) is 0 Å². The Bertz CT molecular complexity index is 566. The second-order valence-electron chi connectivity index (χ2n) is 6.74. The number of hydrogen-bond donors (Lipinski definition) is 0. The summed E-state index contributed by atoms with van der Waals surface area (Å²) in [6, 6.07) is 8.83. The molecule has 0 spiro atoms. The number of benzene rings is 1. The van der Waals surface area contributed by atoms with Crippen LogP contribution in [0.1, 0.15) is 26.3 Å². The van der Waals surface area contributed by atoms with Gasteiger partial charge in [0.05, 0.1) is 6.33 Å². The van der Waals surface area contributed by atoms with E-state index in [1.807, 2.05) is 12.5 Å². The lowest BCUT2D eigenvalue weighted by Gasteiger charge is -2.44. The first-order chi connectivity index (χ1) is 9.54. The molecule has 1 aliphatic rings. The molecule has 106 valence electrons. The summed E-state index contributed by atoms with van der Waals surface area (Å²) in [5, 5.41) is 0. The van der Waals surface area contributed by atoms with Gasteiger partial charge in [0.15, 0.2) is 0 Å². The molecular formula is C17H23N3. The predicted octanol–water partition coefficient (Wildman–Crippen LogP) is 3.36. The number of rotatable bonds is 2. The van der Waals surface area contributed by atoms with Crippen molar-refractivity contribution in [3.05, 3.63) is 48.5 Å². The summed E-state index contributed by atoms with van der Waals surface area (Å²) in [6.07, 6.45) is 6.99. The Morgan fingerprint density at radius 1 is 1.25 bits per heavy atom. The van der Waals surface area contributed by atoms with Crippen molar-refractivity contribution in [2.45, 2.75) is 39.3 Å². The van der Waals surface area contributed by atoms with Crippen LogP contribution in [0.4, 0.5) is 5.69 Å².